The molecule has 0 radical (unpaired) electrons. The lowest BCUT2D eigenvalue weighted by atomic mass is 10.1. The number of fused-ring (bicyclic) bond motifs is 3. The van der Waals surface area contributed by atoms with Crippen molar-refractivity contribution in [1.82, 2.24) is 9.97 Å². The number of hydrogen-bond donors (Lipinski definition) is 1. The molecule has 3 aromatic rings. The number of rotatable bonds is 1. The Balaban J connectivity index is 2.42. The molecule has 0 aliphatic rings. The number of pyridine rings is 1. The molecule has 1 aromatic carbocycles. The maximum atomic E-state index is 4.59. The fourth-order valence-electron chi connectivity index (χ4n) is 2.28. The number of aryl methyl sites for hydroxylation is 2. The topological polar surface area (TPSA) is 41.0 Å². The zero-order valence-electron chi connectivity index (χ0n) is 10.8. The molecule has 0 aliphatic carbocycles. The molecule has 0 saturated heterocycles. The van der Waals surface area contributed by atoms with E-state index < -0.39 is 0 Å². The number of H-pyrrole nitrogens is 1. The third-order valence-electron chi connectivity index (χ3n) is 3.17. The lowest BCUT2D eigenvalue weighted by Gasteiger charge is -1.99. The first-order valence-corrected chi connectivity index (χ1v) is 6.07. The number of aromatic nitrogens is 2. The van der Waals surface area contributed by atoms with Gasteiger partial charge in [-0.05, 0) is 39.0 Å². The highest BCUT2D eigenvalue weighted by Crippen LogP contribution is 2.29. The Morgan fingerprint density at radius 2 is 2.00 bits per heavy atom. The Bertz CT molecular complexity index is 766. The summed E-state index contributed by atoms with van der Waals surface area (Å²) in [6.07, 6.45) is 1.80. The van der Waals surface area contributed by atoms with Gasteiger partial charge in [0.1, 0.15) is 5.65 Å². The van der Waals surface area contributed by atoms with E-state index in [1.807, 2.05) is 13.8 Å². The van der Waals surface area contributed by atoms with E-state index in [0.29, 0.717) is 0 Å². The van der Waals surface area contributed by atoms with E-state index in [1.165, 1.54) is 10.9 Å². The molecule has 0 unspecified atom stereocenters. The minimum atomic E-state index is 0.933. The first-order chi connectivity index (χ1) is 8.69. The van der Waals surface area contributed by atoms with Gasteiger partial charge in [-0.15, -0.1) is 0 Å². The van der Waals surface area contributed by atoms with Gasteiger partial charge in [-0.2, -0.15) is 0 Å². The first-order valence-electron chi connectivity index (χ1n) is 6.07. The SMILES string of the molecule is CC=Nc1cc2c(nc1C)[nH]c1ccc(C)cc12. The van der Waals surface area contributed by atoms with Gasteiger partial charge in [-0.25, -0.2) is 4.98 Å². The van der Waals surface area contributed by atoms with Crippen molar-refractivity contribution in [2.45, 2.75) is 20.8 Å². The fourth-order valence-corrected chi connectivity index (χ4v) is 2.28. The van der Waals surface area contributed by atoms with Gasteiger partial charge in [0.05, 0.1) is 11.4 Å². The fraction of sp³-hybridized carbons (Fsp3) is 0.200. The highest BCUT2D eigenvalue weighted by Gasteiger charge is 2.08. The van der Waals surface area contributed by atoms with Crippen molar-refractivity contribution in [2.24, 2.45) is 4.99 Å². The molecule has 0 saturated carbocycles. The van der Waals surface area contributed by atoms with Crippen LogP contribution in [0.5, 0.6) is 0 Å². The van der Waals surface area contributed by atoms with Crippen LogP contribution in [0.15, 0.2) is 29.3 Å². The second-order valence-electron chi connectivity index (χ2n) is 4.55. The maximum Gasteiger partial charge on any atom is 0.138 e. The van der Waals surface area contributed by atoms with Crippen LogP contribution in [0.3, 0.4) is 0 Å². The quantitative estimate of drug-likeness (QED) is 0.637. The van der Waals surface area contributed by atoms with Crippen molar-refractivity contribution in [3.8, 4) is 0 Å². The molecule has 0 spiro atoms. The van der Waals surface area contributed by atoms with Crippen LogP contribution in [-0.2, 0) is 0 Å². The third kappa shape index (κ3) is 1.59. The van der Waals surface area contributed by atoms with Crippen molar-refractivity contribution < 1.29 is 0 Å². The minimum Gasteiger partial charge on any atom is -0.339 e. The molecule has 3 nitrogen and oxygen atoms in total. The molecular weight excluding hydrogens is 222 g/mol. The zero-order chi connectivity index (χ0) is 12.7. The van der Waals surface area contributed by atoms with E-state index in [2.05, 4.69) is 46.1 Å². The molecule has 90 valence electrons. The smallest absolute Gasteiger partial charge is 0.138 e. The normalized spacial score (nSPS) is 11.9. The lowest BCUT2D eigenvalue weighted by molar-refractivity contribution is 1.21. The molecular formula is C15H15N3. The molecule has 18 heavy (non-hydrogen) atoms. The summed E-state index contributed by atoms with van der Waals surface area (Å²) in [5.74, 6) is 0. The van der Waals surface area contributed by atoms with Crippen molar-refractivity contribution in [3.63, 3.8) is 0 Å². The largest absolute Gasteiger partial charge is 0.339 e. The highest BCUT2D eigenvalue weighted by molar-refractivity contribution is 6.07. The van der Waals surface area contributed by atoms with Gasteiger partial charge < -0.3 is 4.98 Å². The van der Waals surface area contributed by atoms with Crippen LogP contribution in [-0.4, -0.2) is 16.2 Å². The van der Waals surface area contributed by atoms with Gasteiger partial charge >= 0.3 is 0 Å². The maximum absolute atomic E-state index is 4.59. The van der Waals surface area contributed by atoms with Crippen molar-refractivity contribution in [3.05, 3.63) is 35.5 Å². The summed E-state index contributed by atoms with van der Waals surface area (Å²) in [6, 6.07) is 8.50. The molecule has 2 aromatic heterocycles. The molecule has 2 heterocycles. The molecule has 1 N–H and O–H groups in total. The summed E-state index contributed by atoms with van der Waals surface area (Å²) in [5, 5.41) is 2.35. The van der Waals surface area contributed by atoms with Crippen LogP contribution in [0, 0.1) is 13.8 Å². The Kier molecular flexibility index (Phi) is 2.40. The monoisotopic (exact) mass is 237 g/mol. The predicted octanol–water partition coefficient (Wildman–Crippen LogP) is 4.06. The molecule has 0 amide bonds. The molecule has 3 heteroatoms. The van der Waals surface area contributed by atoms with E-state index in [9.17, 15) is 0 Å². The number of nitrogens with one attached hydrogen (secondary N) is 1. The molecule has 0 bridgehead atoms. The lowest BCUT2D eigenvalue weighted by Crippen LogP contribution is -1.83. The number of benzene rings is 1. The van der Waals surface area contributed by atoms with Crippen molar-refractivity contribution >= 4 is 33.8 Å². The average Bonchev–Trinajstić information content (AvgIpc) is 2.67. The summed E-state index contributed by atoms with van der Waals surface area (Å²) in [4.78, 5) is 12.3. The highest BCUT2D eigenvalue weighted by atomic mass is 14.9. The van der Waals surface area contributed by atoms with Gasteiger partial charge in [0, 0.05) is 22.5 Å². The molecule has 0 aliphatic heterocycles. The van der Waals surface area contributed by atoms with Crippen LogP contribution in [0.4, 0.5) is 5.69 Å². The minimum absolute atomic E-state index is 0.933. The first kappa shape index (κ1) is 11.0. The van der Waals surface area contributed by atoms with Gasteiger partial charge in [-0.3, -0.25) is 4.99 Å². The standard InChI is InChI=1S/C15H15N3/c1-4-16-14-8-12-11-7-9(2)5-6-13(11)18-15(12)17-10(14)3/h4-8H,1-3H3,(H,17,18). The van der Waals surface area contributed by atoms with Crippen molar-refractivity contribution in [1.29, 1.82) is 0 Å². The Labute approximate surface area is 106 Å². The summed E-state index contributed by atoms with van der Waals surface area (Å²) in [5.41, 5.74) is 5.20. The summed E-state index contributed by atoms with van der Waals surface area (Å²) < 4.78 is 0. The van der Waals surface area contributed by atoms with Crippen LogP contribution < -0.4 is 0 Å². The number of hydrogen-bond acceptors (Lipinski definition) is 2. The van der Waals surface area contributed by atoms with Crippen LogP contribution in [0.25, 0.3) is 21.9 Å². The van der Waals surface area contributed by atoms with Gasteiger partial charge in [0.2, 0.25) is 0 Å². The van der Waals surface area contributed by atoms with Crippen LogP contribution in [0.1, 0.15) is 18.2 Å². The Morgan fingerprint density at radius 1 is 1.17 bits per heavy atom. The zero-order valence-corrected chi connectivity index (χ0v) is 10.8. The Hall–Kier alpha value is -2.16. The third-order valence-corrected chi connectivity index (χ3v) is 3.17. The predicted molar refractivity (Wildman–Crippen MR) is 76.9 cm³/mol. The van der Waals surface area contributed by atoms with Gasteiger partial charge in [-0.1, -0.05) is 11.6 Å². The van der Waals surface area contributed by atoms with E-state index >= 15 is 0 Å². The van der Waals surface area contributed by atoms with Crippen LogP contribution in [0.2, 0.25) is 0 Å². The van der Waals surface area contributed by atoms with Crippen molar-refractivity contribution in [2.75, 3.05) is 0 Å². The second kappa shape index (κ2) is 3.95. The van der Waals surface area contributed by atoms with E-state index in [0.717, 1.165) is 27.9 Å². The van der Waals surface area contributed by atoms with E-state index in [-0.39, 0.29) is 0 Å². The summed E-state index contributed by atoms with van der Waals surface area (Å²) >= 11 is 0. The van der Waals surface area contributed by atoms with Gasteiger partial charge in [0.25, 0.3) is 0 Å². The molecule has 3 rings (SSSR count). The van der Waals surface area contributed by atoms with Gasteiger partial charge in [0.15, 0.2) is 0 Å². The number of aliphatic imine (C=N–C) groups is 1. The number of aromatic amines is 1. The van der Waals surface area contributed by atoms with Crippen LogP contribution >= 0.6 is 0 Å². The Morgan fingerprint density at radius 3 is 2.78 bits per heavy atom. The summed E-state index contributed by atoms with van der Waals surface area (Å²) in [7, 11) is 0. The van der Waals surface area contributed by atoms with E-state index in [4.69, 9.17) is 0 Å². The van der Waals surface area contributed by atoms with E-state index in [1.54, 1.807) is 6.21 Å². The molecule has 0 fully saturated rings. The molecule has 0 atom stereocenters. The number of nitrogens with zero attached hydrogens (tertiary/aromatic N) is 2. The second-order valence-corrected chi connectivity index (χ2v) is 4.55. The summed E-state index contributed by atoms with van der Waals surface area (Å²) in [6.45, 7) is 6.01. The average molecular weight is 237 g/mol.